The molecule has 0 amide bonds. The third-order valence-electron chi connectivity index (χ3n) is 3.21. The fraction of sp³-hybridized carbons (Fsp3) is 0.200. The van der Waals surface area contributed by atoms with E-state index in [1.165, 1.54) is 0 Å². The maximum atomic E-state index is 8.85. The van der Waals surface area contributed by atoms with E-state index in [0.717, 1.165) is 34.2 Å². The van der Waals surface area contributed by atoms with Gasteiger partial charge in [0.2, 0.25) is 0 Å². The highest BCUT2D eigenvalue weighted by Gasteiger charge is 2.12. The minimum absolute atomic E-state index is 0.178. The number of anilines is 2. The van der Waals surface area contributed by atoms with Crippen LogP contribution in [0.25, 0.3) is 21.9 Å². The van der Waals surface area contributed by atoms with Crippen LogP contribution in [0.15, 0.2) is 40.8 Å². The van der Waals surface area contributed by atoms with Crippen molar-refractivity contribution in [2.75, 3.05) is 24.2 Å². The van der Waals surface area contributed by atoms with Crippen molar-refractivity contribution in [3.8, 4) is 0 Å². The quantitative estimate of drug-likeness (QED) is 0.495. The van der Waals surface area contributed by atoms with Crippen LogP contribution in [-0.2, 0) is 0 Å². The van der Waals surface area contributed by atoms with E-state index in [1.54, 1.807) is 0 Å². The summed E-state index contributed by atoms with van der Waals surface area (Å²) in [4.78, 5) is 0. The van der Waals surface area contributed by atoms with E-state index in [0.29, 0.717) is 12.1 Å². The molecule has 2 aromatic carbocycles. The number of benzene rings is 2. The molecule has 0 radical (unpaired) electrons. The molecular weight excluding hydrogens is 240 g/mol. The van der Waals surface area contributed by atoms with Gasteiger partial charge in [-0.2, -0.15) is 0 Å². The van der Waals surface area contributed by atoms with Crippen molar-refractivity contribution in [2.45, 2.75) is 6.42 Å². The molecule has 0 fully saturated rings. The zero-order valence-electron chi connectivity index (χ0n) is 10.5. The number of furan rings is 1. The first-order chi connectivity index (χ1) is 9.31. The Hall–Kier alpha value is -2.20. The van der Waals surface area contributed by atoms with Gasteiger partial charge >= 0.3 is 0 Å². The van der Waals surface area contributed by atoms with E-state index in [1.807, 2.05) is 36.4 Å². The van der Waals surface area contributed by atoms with Gasteiger partial charge in [-0.3, -0.25) is 0 Å². The van der Waals surface area contributed by atoms with E-state index < -0.39 is 0 Å². The lowest BCUT2D eigenvalue weighted by atomic mass is 10.1. The lowest BCUT2D eigenvalue weighted by molar-refractivity contribution is 0.292. The second kappa shape index (κ2) is 4.82. The first-order valence-corrected chi connectivity index (χ1v) is 6.35. The molecule has 0 bridgehead atoms. The summed E-state index contributed by atoms with van der Waals surface area (Å²) in [7, 11) is 0. The first kappa shape index (κ1) is 11.9. The second-order valence-electron chi connectivity index (χ2n) is 4.51. The van der Waals surface area contributed by atoms with Gasteiger partial charge in [-0.15, -0.1) is 0 Å². The van der Waals surface area contributed by atoms with Crippen LogP contribution >= 0.6 is 0 Å². The van der Waals surface area contributed by atoms with Crippen LogP contribution < -0.4 is 11.1 Å². The smallest absolute Gasteiger partial charge is 0.160 e. The van der Waals surface area contributed by atoms with Crippen LogP contribution in [0.5, 0.6) is 0 Å². The molecule has 4 nitrogen and oxygen atoms in total. The average Bonchev–Trinajstić information content (AvgIpc) is 2.82. The van der Waals surface area contributed by atoms with Gasteiger partial charge in [-0.25, -0.2) is 0 Å². The van der Waals surface area contributed by atoms with Crippen LogP contribution in [0.1, 0.15) is 6.42 Å². The number of nitrogen functional groups attached to an aromatic ring is 1. The molecule has 0 atom stereocenters. The van der Waals surface area contributed by atoms with Gasteiger partial charge in [-0.1, -0.05) is 18.2 Å². The third kappa shape index (κ3) is 2.00. The summed E-state index contributed by atoms with van der Waals surface area (Å²) in [5.74, 6) is 0. The van der Waals surface area contributed by atoms with E-state index >= 15 is 0 Å². The van der Waals surface area contributed by atoms with Crippen LogP contribution in [0.4, 0.5) is 11.4 Å². The molecule has 1 heterocycles. The Morgan fingerprint density at radius 1 is 1.16 bits per heavy atom. The predicted molar refractivity (Wildman–Crippen MR) is 78.3 cm³/mol. The average molecular weight is 256 g/mol. The summed E-state index contributed by atoms with van der Waals surface area (Å²) in [6.45, 7) is 0.895. The largest absolute Gasteiger partial charge is 0.454 e. The number of para-hydroxylation sites is 1. The molecular formula is C15H16N2O2. The number of nitrogens with one attached hydrogen (secondary N) is 1. The molecule has 19 heavy (non-hydrogen) atoms. The topological polar surface area (TPSA) is 71.4 Å². The monoisotopic (exact) mass is 256 g/mol. The number of aliphatic hydroxyl groups is 1. The summed E-state index contributed by atoms with van der Waals surface area (Å²) in [6.07, 6.45) is 0.710. The van der Waals surface area contributed by atoms with Crippen LogP contribution in [-0.4, -0.2) is 18.3 Å². The van der Waals surface area contributed by atoms with Gasteiger partial charge in [0.05, 0.1) is 11.1 Å². The van der Waals surface area contributed by atoms with Crippen molar-refractivity contribution in [1.29, 1.82) is 0 Å². The highest BCUT2D eigenvalue weighted by Crippen LogP contribution is 2.37. The van der Waals surface area contributed by atoms with Crippen molar-refractivity contribution in [2.24, 2.45) is 0 Å². The maximum Gasteiger partial charge on any atom is 0.160 e. The number of rotatable bonds is 4. The second-order valence-corrected chi connectivity index (χ2v) is 4.51. The van der Waals surface area contributed by atoms with E-state index in [2.05, 4.69) is 5.32 Å². The Morgan fingerprint density at radius 3 is 2.84 bits per heavy atom. The lowest BCUT2D eigenvalue weighted by Gasteiger charge is -2.07. The highest BCUT2D eigenvalue weighted by atomic mass is 16.3. The predicted octanol–water partition coefficient (Wildman–Crippen LogP) is 2.96. The number of nitrogens with two attached hydrogens (primary N) is 1. The summed E-state index contributed by atoms with van der Waals surface area (Å²) < 4.78 is 5.82. The Morgan fingerprint density at radius 2 is 2.00 bits per heavy atom. The highest BCUT2D eigenvalue weighted by molar-refractivity contribution is 6.14. The van der Waals surface area contributed by atoms with Crippen LogP contribution in [0, 0.1) is 0 Å². The van der Waals surface area contributed by atoms with E-state index in [-0.39, 0.29) is 6.61 Å². The fourth-order valence-corrected chi connectivity index (χ4v) is 2.30. The molecule has 98 valence electrons. The van der Waals surface area contributed by atoms with Crippen LogP contribution in [0.3, 0.4) is 0 Å². The summed E-state index contributed by atoms with van der Waals surface area (Å²) >= 11 is 0. The van der Waals surface area contributed by atoms with Crippen molar-refractivity contribution in [1.82, 2.24) is 0 Å². The maximum absolute atomic E-state index is 8.85. The van der Waals surface area contributed by atoms with Gasteiger partial charge in [0.1, 0.15) is 5.58 Å². The number of hydrogen-bond acceptors (Lipinski definition) is 4. The number of aliphatic hydroxyl groups excluding tert-OH is 1. The standard InChI is InChI=1S/C15H16N2O2/c16-11-6-7-12(17-8-3-9-18)14-10-4-1-2-5-13(10)19-15(11)14/h1-2,4-7,17-18H,3,8-9,16H2. The lowest BCUT2D eigenvalue weighted by Crippen LogP contribution is -2.03. The summed E-state index contributed by atoms with van der Waals surface area (Å²) in [5, 5.41) is 14.2. The molecule has 0 unspecified atom stereocenters. The Kier molecular flexibility index (Phi) is 3.01. The SMILES string of the molecule is Nc1ccc(NCCCO)c2c1oc1ccccc12. The van der Waals surface area contributed by atoms with Gasteiger partial charge in [0.25, 0.3) is 0 Å². The van der Waals surface area contributed by atoms with Gasteiger partial charge in [-0.05, 0) is 24.6 Å². The van der Waals surface area contributed by atoms with Gasteiger partial charge < -0.3 is 20.6 Å². The molecule has 0 aliphatic carbocycles. The minimum Gasteiger partial charge on any atom is -0.454 e. The Balaban J connectivity index is 2.19. The summed E-state index contributed by atoms with van der Waals surface area (Å²) in [5.41, 5.74) is 9.16. The molecule has 3 rings (SSSR count). The zero-order valence-corrected chi connectivity index (χ0v) is 10.5. The zero-order chi connectivity index (χ0) is 13.2. The number of hydrogen-bond donors (Lipinski definition) is 3. The molecule has 1 aromatic heterocycles. The molecule has 4 heteroatoms. The Bertz CT molecular complexity index is 719. The molecule has 0 aliphatic heterocycles. The molecule has 0 spiro atoms. The molecule has 0 aliphatic rings. The first-order valence-electron chi connectivity index (χ1n) is 6.35. The van der Waals surface area contributed by atoms with E-state index in [4.69, 9.17) is 15.3 Å². The van der Waals surface area contributed by atoms with E-state index in [9.17, 15) is 0 Å². The van der Waals surface area contributed by atoms with Crippen molar-refractivity contribution in [3.63, 3.8) is 0 Å². The third-order valence-corrected chi connectivity index (χ3v) is 3.21. The van der Waals surface area contributed by atoms with Crippen molar-refractivity contribution < 1.29 is 9.52 Å². The normalized spacial score (nSPS) is 11.2. The molecule has 0 saturated heterocycles. The van der Waals surface area contributed by atoms with Crippen LogP contribution in [0.2, 0.25) is 0 Å². The fourth-order valence-electron chi connectivity index (χ4n) is 2.30. The minimum atomic E-state index is 0.178. The van der Waals surface area contributed by atoms with Crippen molar-refractivity contribution in [3.05, 3.63) is 36.4 Å². The molecule has 0 saturated carbocycles. The van der Waals surface area contributed by atoms with Gasteiger partial charge in [0, 0.05) is 24.2 Å². The molecule has 3 aromatic rings. The Labute approximate surface area is 110 Å². The van der Waals surface area contributed by atoms with Gasteiger partial charge in [0.15, 0.2) is 5.58 Å². The summed E-state index contributed by atoms with van der Waals surface area (Å²) in [6, 6.07) is 11.7. The number of fused-ring (bicyclic) bond motifs is 3. The molecule has 4 N–H and O–H groups in total. The van der Waals surface area contributed by atoms with Crippen molar-refractivity contribution >= 4 is 33.3 Å².